The van der Waals surface area contributed by atoms with Crippen LogP contribution in [-0.2, 0) is 0 Å². The maximum atomic E-state index is 11.8. The highest BCUT2D eigenvalue weighted by Crippen LogP contribution is 2.25. The van der Waals surface area contributed by atoms with E-state index >= 15 is 0 Å². The molecule has 0 radical (unpaired) electrons. The van der Waals surface area contributed by atoms with Crippen LogP contribution in [0.15, 0.2) is 6.07 Å². The molecule has 1 rings (SSSR count). The van der Waals surface area contributed by atoms with E-state index in [1.165, 1.54) is 6.07 Å². The van der Waals surface area contributed by atoms with Crippen LogP contribution in [0.5, 0.6) is 0 Å². The molecule has 3 N–H and O–H groups in total. The highest BCUT2D eigenvalue weighted by Gasteiger charge is 2.16. The van der Waals surface area contributed by atoms with Gasteiger partial charge >= 0.3 is 7.05 Å². The Morgan fingerprint density at radius 2 is 2.11 bits per heavy atom. The topological polar surface area (TPSA) is 74.2 Å². The van der Waals surface area contributed by atoms with E-state index in [-0.39, 0.29) is 20.9 Å². The molecule has 0 aliphatic rings. The first-order valence-corrected chi connectivity index (χ1v) is 6.26. The molecule has 0 fully saturated rings. The number of nitrogens with zero attached hydrogens (tertiary/aromatic N) is 1. The van der Waals surface area contributed by atoms with Gasteiger partial charge in [-0.1, -0.05) is 34.8 Å². The van der Waals surface area contributed by atoms with Crippen LogP contribution in [-0.4, -0.2) is 36.1 Å². The van der Waals surface area contributed by atoms with Crippen LogP contribution in [0.3, 0.4) is 0 Å². The van der Waals surface area contributed by atoms with Crippen LogP contribution in [0.2, 0.25) is 22.2 Å². The smallest absolute Gasteiger partial charge is 0.373 e. The predicted octanol–water partition coefficient (Wildman–Crippen LogP) is 1.47. The quantitative estimate of drug-likeness (QED) is 0.437. The van der Waals surface area contributed by atoms with Crippen LogP contribution in [0.25, 0.3) is 0 Å². The van der Waals surface area contributed by atoms with Gasteiger partial charge in [0.2, 0.25) is 0 Å². The van der Waals surface area contributed by atoms with Crippen LogP contribution >= 0.6 is 34.8 Å². The van der Waals surface area contributed by atoms with Crippen molar-refractivity contribution >= 4 is 47.8 Å². The molecule has 0 atom stereocenters. The number of hydrogen-bond acceptors (Lipinski definition) is 4. The van der Waals surface area contributed by atoms with E-state index < -0.39 is 13.0 Å². The van der Waals surface area contributed by atoms with Crippen LogP contribution in [0.4, 0.5) is 0 Å². The first-order valence-electron chi connectivity index (χ1n) is 5.13. The molecular weight excluding hydrogens is 299 g/mol. The van der Waals surface area contributed by atoms with Crippen molar-refractivity contribution in [2.45, 2.75) is 6.82 Å². The van der Waals surface area contributed by atoms with Gasteiger partial charge in [0.1, 0.15) is 10.3 Å². The molecule has 98 valence electrons. The minimum absolute atomic E-state index is 0.0477. The summed E-state index contributed by atoms with van der Waals surface area (Å²) in [6.45, 7) is 2.32. The lowest BCUT2D eigenvalue weighted by Crippen LogP contribution is -2.38. The Hall–Kier alpha value is -0.525. The van der Waals surface area contributed by atoms with Crippen molar-refractivity contribution in [3.05, 3.63) is 27.0 Å². The lowest BCUT2D eigenvalue weighted by Gasteiger charge is -2.09. The summed E-state index contributed by atoms with van der Waals surface area (Å²) in [4.78, 5) is 15.5. The lowest BCUT2D eigenvalue weighted by molar-refractivity contribution is 0.0954. The number of amides is 1. The Balaban J connectivity index is 2.62. The molecule has 0 saturated heterocycles. The summed E-state index contributed by atoms with van der Waals surface area (Å²) in [5, 5.41) is 14.5. The molecule has 0 aliphatic heterocycles. The molecule has 5 nitrogen and oxygen atoms in total. The Morgan fingerprint density at radius 1 is 1.44 bits per heavy atom. The van der Waals surface area contributed by atoms with E-state index in [1.807, 2.05) is 0 Å². The van der Waals surface area contributed by atoms with Crippen LogP contribution in [0, 0.1) is 0 Å². The highest BCUT2D eigenvalue weighted by molar-refractivity contribution is 6.45. The van der Waals surface area contributed by atoms with Gasteiger partial charge in [-0.2, -0.15) is 0 Å². The van der Waals surface area contributed by atoms with Crippen molar-refractivity contribution in [1.82, 2.24) is 15.5 Å². The largest absolute Gasteiger partial charge is 0.437 e. The fraction of sp³-hybridized carbons (Fsp3) is 0.333. The number of nitrogens with one attached hydrogen (secondary N) is 2. The van der Waals surface area contributed by atoms with Gasteiger partial charge in [0.05, 0.1) is 10.6 Å². The van der Waals surface area contributed by atoms with E-state index in [4.69, 9.17) is 39.8 Å². The molecule has 1 amide bonds. The molecule has 0 spiro atoms. The van der Waals surface area contributed by atoms with Crippen molar-refractivity contribution in [3.63, 3.8) is 0 Å². The lowest BCUT2D eigenvalue weighted by atomic mass is 9.89. The fourth-order valence-corrected chi connectivity index (χ4v) is 2.10. The van der Waals surface area contributed by atoms with Gasteiger partial charge in [-0.05, 0) is 12.9 Å². The Kier molecular flexibility index (Phi) is 6.18. The Bertz CT molecular complexity index is 422. The molecule has 1 aromatic heterocycles. The van der Waals surface area contributed by atoms with E-state index in [0.29, 0.717) is 13.1 Å². The van der Waals surface area contributed by atoms with Gasteiger partial charge in [-0.25, -0.2) is 4.98 Å². The van der Waals surface area contributed by atoms with Gasteiger partial charge in [0.25, 0.3) is 5.91 Å². The first kappa shape index (κ1) is 15.5. The minimum atomic E-state index is -0.633. The van der Waals surface area contributed by atoms with Gasteiger partial charge in [0.15, 0.2) is 0 Å². The molecule has 0 aromatic carbocycles. The molecular formula is C9H11BCl3N3O2. The number of rotatable bonds is 5. The van der Waals surface area contributed by atoms with E-state index in [9.17, 15) is 4.79 Å². The van der Waals surface area contributed by atoms with Gasteiger partial charge in [-0.15, -0.1) is 0 Å². The van der Waals surface area contributed by atoms with Crippen LogP contribution < -0.4 is 10.5 Å². The van der Waals surface area contributed by atoms with Gasteiger partial charge in [0, 0.05) is 13.1 Å². The zero-order valence-electron chi connectivity index (χ0n) is 9.51. The number of aromatic nitrogens is 1. The summed E-state index contributed by atoms with van der Waals surface area (Å²) in [5.41, 5.74) is 0.0831. The van der Waals surface area contributed by atoms with Crippen molar-refractivity contribution in [3.8, 4) is 0 Å². The molecule has 0 aliphatic carbocycles. The summed E-state index contributed by atoms with van der Waals surface area (Å²) in [7, 11) is -0.633. The summed E-state index contributed by atoms with van der Waals surface area (Å²) in [6.07, 6.45) is 0. The average Bonchev–Trinajstić information content (AvgIpc) is 2.22. The molecule has 0 saturated carbocycles. The molecule has 0 unspecified atom stereocenters. The fourth-order valence-electron chi connectivity index (χ4n) is 1.20. The third kappa shape index (κ3) is 4.63. The molecule has 9 heteroatoms. The third-order valence-electron chi connectivity index (χ3n) is 1.97. The Morgan fingerprint density at radius 3 is 2.67 bits per heavy atom. The van der Waals surface area contributed by atoms with Gasteiger partial charge < -0.3 is 15.6 Å². The van der Waals surface area contributed by atoms with Crippen LogP contribution in [0.1, 0.15) is 10.4 Å². The van der Waals surface area contributed by atoms with Crippen molar-refractivity contribution in [2.24, 2.45) is 0 Å². The van der Waals surface area contributed by atoms with E-state index in [1.54, 1.807) is 6.82 Å². The second-order valence-corrected chi connectivity index (χ2v) is 4.63. The molecule has 1 aromatic rings. The summed E-state index contributed by atoms with van der Waals surface area (Å²) in [6, 6.07) is 1.35. The predicted molar refractivity (Wildman–Crippen MR) is 73.4 cm³/mol. The summed E-state index contributed by atoms with van der Waals surface area (Å²) >= 11 is 17.3. The van der Waals surface area contributed by atoms with E-state index in [2.05, 4.69) is 15.5 Å². The number of halogens is 3. The summed E-state index contributed by atoms with van der Waals surface area (Å²) in [5.74, 6) is -0.443. The van der Waals surface area contributed by atoms with Crippen molar-refractivity contribution in [2.75, 3.05) is 13.1 Å². The first-order chi connectivity index (χ1) is 8.41. The molecule has 18 heavy (non-hydrogen) atoms. The van der Waals surface area contributed by atoms with Crippen molar-refractivity contribution in [1.29, 1.82) is 0 Å². The normalized spacial score (nSPS) is 10.3. The summed E-state index contributed by atoms with van der Waals surface area (Å²) < 4.78 is 0. The number of hydrogen-bond donors (Lipinski definition) is 3. The third-order valence-corrected chi connectivity index (χ3v) is 2.74. The number of carbonyl (C=O) groups excluding carboxylic acids is 1. The Labute approximate surface area is 120 Å². The number of pyridine rings is 1. The SMILES string of the molecule is CB(O)NCCNC(=O)c1c(Cl)cc(Cl)nc1Cl. The minimum Gasteiger partial charge on any atom is -0.437 e. The maximum Gasteiger partial charge on any atom is 0.373 e. The van der Waals surface area contributed by atoms with Gasteiger partial charge in [-0.3, -0.25) is 4.79 Å². The van der Waals surface area contributed by atoms with E-state index in [0.717, 1.165) is 0 Å². The monoisotopic (exact) mass is 309 g/mol. The number of carbonyl (C=O) groups is 1. The zero-order valence-corrected chi connectivity index (χ0v) is 11.8. The molecule has 0 bridgehead atoms. The second kappa shape index (κ2) is 7.16. The van der Waals surface area contributed by atoms with Crippen molar-refractivity contribution < 1.29 is 9.82 Å². The standard InChI is InChI=1S/C9H11BCl3N3O2/c1-10(18)15-3-2-14-9(17)7-5(11)4-6(12)16-8(7)13/h4,15,18H,2-3H2,1H3,(H,14,17). The average molecular weight is 310 g/mol. The molecule has 1 heterocycles. The maximum absolute atomic E-state index is 11.8. The highest BCUT2D eigenvalue weighted by atomic mass is 35.5. The zero-order chi connectivity index (χ0) is 13.7. The second-order valence-electron chi connectivity index (χ2n) is 3.48.